The number of benzene rings is 1. The second-order valence-corrected chi connectivity index (χ2v) is 3.44. The predicted octanol–water partition coefficient (Wildman–Crippen LogP) is 2.64. The number of rotatable bonds is 5. The number of carboxylic acid groups (broad SMARTS) is 1. The third-order valence-electron chi connectivity index (χ3n) is 2.14. The molecule has 0 fully saturated rings. The van der Waals surface area contributed by atoms with E-state index in [1.165, 1.54) is 6.08 Å². The zero-order valence-electron chi connectivity index (χ0n) is 8.90. The van der Waals surface area contributed by atoms with Crippen LogP contribution in [0.5, 0.6) is 11.5 Å². The Balaban J connectivity index is 2.20. The van der Waals surface area contributed by atoms with E-state index in [0.29, 0.717) is 6.61 Å². The van der Waals surface area contributed by atoms with Crippen LogP contribution in [0.3, 0.4) is 0 Å². The van der Waals surface area contributed by atoms with Crippen LogP contribution in [-0.2, 0) is 9.53 Å². The molecule has 0 spiro atoms. The molecule has 1 aliphatic rings. The van der Waals surface area contributed by atoms with Crippen molar-refractivity contribution in [1.29, 1.82) is 0 Å². The predicted molar refractivity (Wildman–Crippen MR) is 58.4 cm³/mol. The van der Waals surface area contributed by atoms with Crippen molar-refractivity contribution in [1.82, 2.24) is 0 Å². The quantitative estimate of drug-likeness (QED) is 0.478. The first-order chi connectivity index (χ1) is 7.72. The van der Waals surface area contributed by atoms with Gasteiger partial charge in [-0.2, -0.15) is 0 Å². The van der Waals surface area contributed by atoms with Crippen molar-refractivity contribution in [3.8, 4) is 11.5 Å². The summed E-state index contributed by atoms with van der Waals surface area (Å²) in [5, 5.41) is 8.93. The lowest BCUT2D eigenvalue weighted by Crippen LogP contribution is -2.05. The molecule has 0 unspecified atom stereocenters. The fourth-order valence-corrected chi connectivity index (χ4v) is 1.34. The third-order valence-corrected chi connectivity index (χ3v) is 2.14. The van der Waals surface area contributed by atoms with Crippen molar-refractivity contribution < 1.29 is 19.4 Å². The van der Waals surface area contributed by atoms with Gasteiger partial charge in [-0.3, -0.25) is 0 Å². The van der Waals surface area contributed by atoms with Gasteiger partial charge in [0.15, 0.2) is 11.5 Å². The van der Waals surface area contributed by atoms with Gasteiger partial charge >= 0.3 is 5.97 Å². The molecule has 0 aromatic heterocycles. The van der Waals surface area contributed by atoms with E-state index in [9.17, 15) is 4.79 Å². The van der Waals surface area contributed by atoms with E-state index in [0.717, 1.165) is 23.5 Å². The van der Waals surface area contributed by atoms with Crippen LogP contribution >= 0.6 is 0 Å². The number of para-hydroxylation sites is 1. The molecule has 1 N–H and O–H groups in total. The molecule has 1 aliphatic heterocycles. The Labute approximate surface area is 93.1 Å². The Morgan fingerprint density at radius 3 is 3.06 bits per heavy atom. The number of aliphatic carboxylic acids is 1. The smallest absolute Gasteiger partial charge is 0.371 e. The second kappa shape index (κ2) is 4.26. The Morgan fingerprint density at radius 2 is 2.38 bits per heavy atom. The summed E-state index contributed by atoms with van der Waals surface area (Å²) in [6.45, 7) is 2.32. The van der Waals surface area contributed by atoms with Crippen LogP contribution in [0, 0.1) is 0 Å². The van der Waals surface area contributed by atoms with Crippen molar-refractivity contribution in [2.24, 2.45) is 0 Å². The van der Waals surface area contributed by atoms with E-state index in [2.05, 4.69) is 0 Å². The van der Waals surface area contributed by atoms with Gasteiger partial charge in [-0.15, -0.1) is 0 Å². The molecule has 0 saturated carbocycles. The van der Waals surface area contributed by atoms with Crippen LogP contribution in [0.15, 0.2) is 24.0 Å². The number of ether oxygens (including phenoxy) is 2. The van der Waals surface area contributed by atoms with Gasteiger partial charge in [0.05, 0.1) is 6.61 Å². The molecule has 0 saturated heterocycles. The van der Waals surface area contributed by atoms with E-state index in [1.807, 2.05) is 19.1 Å². The topological polar surface area (TPSA) is 59.1 Å². The van der Waals surface area contributed by atoms with E-state index in [4.69, 9.17) is 14.6 Å². The molecule has 4 nitrogen and oxygen atoms in total. The largest absolute Gasteiger partial charge is 0.487 e. The van der Waals surface area contributed by atoms with Gasteiger partial charge in [0.25, 0.3) is 0 Å². The first-order valence-electron chi connectivity index (χ1n) is 5.11. The number of fused-ring (bicyclic) bond motifs is 1. The molecule has 0 amide bonds. The van der Waals surface area contributed by atoms with Gasteiger partial charge in [0.1, 0.15) is 0 Å². The first kappa shape index (κ1) is 10.5. The fourth-order valence-electron chi connectivity index (χ4n) is 1.34. The molecule has 0 atom stereocenters. The highest BCUT2D eigenvalue weighted by Gasteiger charge is 2.23. The third kappa shape index (κ3) is 2.16. The minimum atomic E-state index is -1.06. The lowest BCUT2D eigenvalue weighted by molar-refractivity contribution is -0.136. The summed E-state index contributed by atoms with van der Waals surface area (Å²) < 4.78 is 10.3. The van der Waals surface area contributed by atoms with Gasteiger partial charge in [-0.05, 0) is 18.6 Å². The fraction of sp³-hybridized carbons (Fsp3) is 0.250. The normalized spacial score (nSPS) is 12.7. The lowest BCUT2D eigenvalue weighted by atomic mass is 10.2. The number of carboxylic acids is 1. The van der Waals surface area contributed by atoms with Crippen LogP contribution in [0.2, 0.25) is 0 Å². The number of carbonyl (C=O) groups is 1. The van der Waals surface area contributed by atoms with Crippen molar-refractivity contribution in [2.45, 2.75) is 13.3 Å². The molecule has 16 heavy (non-hydrogen) atoms. The van der Waals surface area contributed by atoms with Crippen LogP contribution in [0.4, 0.5) is 0 Å². The van der Waals surface area contributed by atoms with E-state index >= 15 is 0 Å². The highest BCUT2D eigenvalue weighted by Crippen LogP contribution is 2.48. The highest BCUT2D eigenvalue weighted by atomic mass is 16.6. The van der Waals surface area contributed by atoms with Gasteiger partial charge in [-0.25, -0.2) is 4.79 Å². The van der Waals surface area contributed by atoms with Crippen LogP contribution in [0.1, 0.15) is 18.9 Å². The van der Waals surface area contributed by atoms with Crippen LogP contribution in [-0.4, -0.2) is 17.7 Å². The Morgan fingerprint density at radius 1 is 1.56 bits per heavy atom. The molecular formula is C12H12O4. The van der Waals surface area contributed by atoms with Gasteiger partial charge in [-0.1, -0.05) is 19.1 Å². The van der Waals surface area contributed by atoms with Crippen molar-refractivity contribution in [2.75, 3.05) is 6.61 Å². The number of hydrogen-bond acceptors (Lipinski definition) is 3. The molecule has 0 bridgehead atoms. The van der Waals surface area contributed by atoms with Crippen molar-refractivity contribution in [3.63, 3.8) is 0 Å². The molecule has 2 rings (SSSR count). The minimum Gasteiger partial charge on any atom is -0.487 e. The number of hydrogen-bond donors (Lipinski definition) is 1. The monoisotopic (exact) mass is 220 g/mol. The van der Waals surface area contributed by atoms with Crippen LogP contribution in [0.25, 0.3) is 6.08 Å². The van der Waals surface area contributed by atoms with E-state index < -0.39 is 5.97 Å². The molecule has 84 valence electrons. The molecule has 0 aliphatic carbocycles. The highest BCUT2D eigenvalue weighted by molar-refractivity contribution is 5.91. The lowest BCUT2D eigenvalue weighted by Gasteiger charge is -2.04. The zero-order valence-corrected chi connectivity index (χ0v) is 8.90. The van der Waals surface area contributed by atoms with Crippen molar-refractivity contribution in [3.05, 3.63) is 29.5 Å². The summed E-state index contributed by atoms with van der Waals surface area (Å²) in [5.74, 6) is 0.424. The van der Waals surface area contributed by atoms with E-state index in [1.54, 1.807) is 6.07 Å². The first-order valence-corrected chi connectivity index (χ1v) is 5.11. The minimum absolute atomic E-state index is 0.0502. The Bertz CT molecular complexity index is 448. The van der Waals surface area contributed by atoms with Gasteiger partial charge in [0, 0.05) is 5.56 Å². The molecule has 1 heterocycles. The molecular weight excluding hydrogens is 208 g/mol. The second-order valence-electron chi connectivity index (χ2n) is 3.44. The maximum absolute atomic E-state index is 10.9. The molecule has 1 aromatic rings. The maximum Gasteiger partial charge on any atom is 0.371 e. The Kier molecular flexibility index (Phi) is 2.81. The summed E-state index contributed by atoms with van der Waals surface area (Å²) in [6, 6.07) is 5.45. The molecule has 1 aromatic carbocycles. The van der Waals surface area contributed by atoms with Gasteiger partial charge in [0.2, 0.25) is 5.76 Å². The standard InChI is InChI=1S/C12H12O4/c1-2-6-15-10(12(13)14)7-8-4-3-5-9-11(8)16-9/h3-5,7H,2,6H2,1H3,(H,13,14). The average Bonchev–Trinajstić information content (AvgIpc) is 3.03. The van der Waals surface area contributed by atoms with Gasteiger partial charge < -0.3 is 14.6 Å². The molecule has 0 radical (unpaired) electrons. The Hall–Kier alpha value is -1.97. The summed E-state index contributed by atoms with van der Waals surface area (Å²) in [5.41, 5.74) is 0.742. The summed E-state index contributed by atoms with van der Waals surface area (Å²) in [4.78, 5) is 10.9. The van der Waals surface area contributed by atoms with Crippen LogP contribution < -0.4 is 4.74 Å². The maximum atomic E-state index is 10.9. The summed E-state index contributed by atoms with van der Waals surface area (Å²) in [7, 11) is 0. The SMILES string of the molecule is CCCOC(=Cc1cccc2c1O2)C(=O)O. The molecule has 4 heteroatoms. The van der Waals surface area contributed by atoms with Crippen molar-refractivity contribution >= 4 is 12.0 Å². The summed E-state index contributed by atoms with van der Waals surface area (Å²) in [6.07, 6.45) is 2.26. The summed E-state index contributed by atoms with van der Waals surface area (Å²) >= 11 is 0. The zero-order chi connectivity index (χ0) is 11.5. The van der Waals surface area contributed by atoms with E-state index in [-0.39, 0.29) is 5.76 Å². The average molecular weight is 220 g/mol.